The number of rotatable bonds is 13. The predicted octanol–water partition coefficient (Wildman–Crippen LogP) is 7.78. The summed E-state index contributed by atoms with van der Waals surface area (Å²) in [4.78, 5) is 38.9. The number of ether oxygens (including phenoxy) is 2. The van der Waals surface area contributed by atoms with E-state index in [9.17, 15) is 18.5 Å². The first-order valence-corrected chi connectivity index (χ1v) is 24.3. The molecule has 2 aromatic carbocycles. The lowest BCUT2D eigenvalue weighted by atomic mass is 9.74. The van der Waals surface area contributed by atoms with E-state index in [0.717, 1.165) is 62.9 Å². The minimum Gasteiger partial charge on any atom is -0.482 e. The number of pyridine rings is 1. The smallest absolute Gasteiger partial charge is 0.293 e. The summed E-state index contributed by atoms with van der Waals surface area (Å²) >= 11 is 0. The number of benzene rings is 2. The Balaban J connectivity index is 0.900. The molecule has 4 aromatic rings. The van der Waals surface area contributed by atoms with E-state index >= 15 is 4.79 Å². The van der Waals surface area contributed by atoms with Gasteiger partial charge in [-0.3, -0.25) is 24.7 Å². The number of H-pyrrole nitrogens is 1. The van der Waals surface area contributed by atoms with Crippen LogP contribution in [0.3, 0.4) is 0 Å². The van der Waals surface area contributed by atoms with E-state index in [-0.39, 0.29) is 27.6 Å². The average Bonchev–Trinajstić information content (AvgIpc) is 3.62. The van der Waals surface area contributed by atoms with Crippen LogP contribution in [0.25, 0.3) is 11.0 Å². The molecule has 10 rings (SSSR count). The Morgan fingerprint density at radius 2 is 1.78 bits per heavy atom. The molecular weight excluding hydrogens is 819 g/mol. The summed E-state index contributed by atoms with van der Waals surface area (Å²) in [6.07, 6.45) is 21.3. The van der Waals surface area contributed by atoms with Gasteiger partial charge in [-0.2, -0.15) is 0 Å². The molecule has 5 heterocycles. The number of hydrogen-bond acceptors (Lipinski definition) is 11. The van der Waals surface area contributed by atoms with Crippen LogP contribution in [-0.2, 0) is 19.6 Å². The summed E-state index contributed by atoms with van der Waals surface area (Å²) in [6.45, 7) is 4.00. The number of fused-ring (bicyclic) bond motifs is 1. The van der Waals surface area contributed by atoms with Gasteiger partial charge < -0.3 is 19.8 Å². The van der Waals surface area contributed by atoms with Gasteiger partial charge in [0.15, 0.2) is 5.54 Å². The highest BCUT2D eigenvalue weighted by Crippen LogP contribution is 2.53. The van der Waals surface area contributed by atoms with Crippen LogP contribution in [0.2, 0.25) is 0 Å². The van der Waals surface area contributed by atoms with E-state index in [1.54, 1.807) is 36.2 Å². The Morgan fingerprint density at radius 3 is 2.57 bits per heavy atom. The van der Waals surface area contributed by atoms with Gasteiger partial charge >= 0.3 is 0 Å². The number of nitrogens with zero attached hydrogens (tertiary/aromatic N) is 4. The van der Waals surface area contributed by atoms with Gasteiger partial charge in [-0.05, 0) is 136 Å². The molecule has 4 atom stereocenters. The topological polar surface area (TPSA) is 172 Å². The van der Waals surface area contributed by atoms with Gasteiger partial charge in [-0.25, -0.2) is 18.1 Å². The highest BCUT2D eigenvalue weighted by Gasteiger charge is 2.55. The summed E-state index contributed by atoms with van der Waals surface area (Å²) in [6, 6.07) is 17.5. The second kappa shape index (κ2) is 17.1. The van der Waals surface area contributed by atoms with Crippen molar-refractivity contribution in [3.8, 4) is 5.75 Å². The molecule has 3 aliphatic carbocycles. The Kier molecular flexibility index (Phi) is 11.4. The molecule has 63 heavy (non-hydrogen) atoms. The van der Waals surface area contributed by atoms with Crippen molar-refractivity contribution in [2.45, 2.75) is 105 Å². The van der Waals surface area contributed by atoms with Gasteiger partial charge in [0.2, 0.25) is 0 Å². The molecule has 3 saturated heterocycles. The molecule has 0 bridgehead atoms. The van der Waals surface area contributed by atoms with E-state index in [1.807, 2.05) is 18.2 Å². The summed E-state index contributed by atoms with van der Waals surface area (Å²) in [5, 5.41) is 16.3. The Labute approximate surface area is 368 Å². The van der Waals surface area contributed by atoms with E-state index in [0.29, 0.717) is 62.2 Å². The largest absolute Gasteiger partial charge is 0.482 e. The number of likely N-dealkylation sites (tertiary alicyclic amines) is 2. The summed E-state index contributed by atoms with van der Waals surface area (Å²) in [5.74, 6) is 0.632. The zero-order chi connectivity index (χ0) is 43.2. The number of nitro groups is 1. The molecule has 2 unspecified atom stereocenters. The van der Waals surface area contributed by atoms with Crippen molar-refractivity contribution in [3.05, 3.63) is 113 Å². The summed E-state index contributed by atoms with van der Waals surface area (Å²) in [5.41, 5.74) is 2.14. The molecule has 3 N–H and O–H groups in total. The number of amides is 1. The summed E-state index contributed by atoms with van der Waals surface area (Å²) < 4.78 is 42.9. The van der Waals surface area contributed by atoms with Crippen LogP contribution in [0.1, 0.15) is 93.7 Å². The number of piperidine rings is 1. The third kappa shape index (κ3) is 8.29. The molecule has 2 saturated carbocycles. The maximum atomic E-state index is 15.1. The van der Waals surface area contributed by atoms with Crippen LogP contribution in [0.4, 0.5) is 11.4 Å². The number of nitrogens with one attached hydrogen (secondary N) is 3. The van der Waals surface area contributed by atoms with Crippen LogP contribution >= 0.6 is 0 Å². The first-order valence-electron chi connectivity index (χ1n) is 22.8. The number of anilines is 1. The maximum Gasteiger partial charge on any atom is 0.293 e. The fraction of sp³-hybridized carbons (Fsp3) is 0.500. The Bertz CT molecular complexity index is 2520. The van der Waals surface area contributed by atoms with Crippen molar-refractivity contribution in [3.63, 3.8) is 0 Å². The van der Waals surface area contributed by atoms with E-state index in [2.05, 4.69) is 54.1 Å². The van der Waals surface area contributed by atoms with Crippen LogP contribution in [0.5, 0.6) is 5.75 Å². The van der Waals surface area contributed by atoms with Crippen LogP contribution in [0.15, 0.2) is 96.2 Å². The van der Waals surface area contributed by atoms with E-state index in [4.69, 9.17) is 9.47 Å². The standard InChI is InChI=1S/C48H57N7O7S/c56-46(52-63(59,60)38-12-13-41(43(29-38)55(57)58)50-31-33-16-26-61-27-17-33)48(18-4-3-9-44(48)62-37-28-35-15-22-49-45(35)51-32-37)53-24-20-47(21-25-53)19-14-36(30-47)54-23-5-8-42(54)40-7-2-1-6-39(40)34-10-11-34/h1-4,6-7,9,12-13,15,18,22,28-29,32-34,36,42,44,50H,5,8,10-11,14,16-17,19-21,23-27,30-31H2,(H,49,51)(H,52,56)/t36?,42-,44?,48+/m0/s1. The number of carbonyl (C=O) groups is 1. The SMILES string of the molecule is O=C(NS(=O)(=O)c1ccc(NCC2CCOCC2)c([N+](=O)[O-])c1)[C@@]1(N2CCC3(CCC(N4CCC[C@H]4c4ccccc4C4CC4)C3)CC2)C=CC=CC1Oc1cnc2[nH]ccc2c1. The maximum absolute atomic E-state index is 15.1. The molecule has 1 spiro atoms. The van der Waals surface area contributed by atoms with E-state index < -0.39 is 32.5 Å². The molecule has 15 heteroatoms. The second-order valence-corrected chi connectivity index (χ2v) is 20.4. The molecule has 1 amide bonds. The zero-order valence-corrected chi connectivity index (χ0v) is 36.4. The van der Waals surface area contributed by atoms with Crippen LogP contribution < -0.4 is 14.8 Å². The van der Waals surface area contributed by atoms with Crippen molar-refractivity contribution >= 4 is 38.3 Å². The second-order valence-electron chi connectivity index (χ2n) is 18.7. The number of carbonyl (C=O) groups excluding carboxylic acids is 1. The molecule has 2 aromatic heterocycles. The first-order chi connectivity index (χ1) is 30.6. The van der Waals surface area contributed by atoms with Crippen molar-refractivity contribution < 1.29 is 27.6 Å². The lowest BCUT2D eigenvalue weighted by molar-refractivity contribution is -0.384. The number of allylic oxidation sites excluding steroid dienone is 2. The minimum absolute atomic E-state index is 0.112. The van der Waals surface area contributed by atoms with Gasteiger partial charge in [-0.1, -0.05) is 42.5 Å². The Morgan fingerprint density at radius 1 is 0.968 bits per heavy atom. The molecule has 5 fully saturated rings. The molecule has 6 aliphatic rings. The monoisotopic (exact) mass is 875 g/mol. The van der Waals surface area contributed by atoms with E-state index in [1.165, 1.54) is 43.4 Å². The number of nitro benzene ring substituents is 1. The highest BCUT2D eigenvalue weighted by atomic mass is 32.2. The predicted molar refractivity (Wildman–Crippen MR) is 240 cm³/mol. The molecule has 0 radical (unpaired) electrons. The molecular formula is C48H57N7O7S. The van der Waals surface area contributed by atoms with Gasteiger partial charge in [-0.15, -0.1) is 0 Å². The van der Waals surface area contributed by atoms with Crippen LogP contribution in [0, 0.1) is 21.4 Å². The highest BCUT2D eigenvalue weighted by molar-refractivity contribution is 7.90. The number of sulfonamides is 1. The fourth-order valence-corrected chi connectivity index (χ4v) is 12.4. The van der Waals surface area contributed by atoms with Crippen molar-refractivity contribution in [1.82, 2.24) is 24.5 Å². The normalized spacial score (nSPS) is 26.6. The number of hydrogen-bond donors (Lipinski definition) is 3. The number of aromatic amines is 1. The fourth-order valence-electron chi connectivity index (χ4n) is 11.4. The van der Waals surface area contributed by atoms with Gasteiger partial charge in [0.05, 0.1) is 16.0 Å². The zero-order valence-electron chi connectivity index (χ0n) is 35.6. The quantitative estimate of drug-likeness (QED) is 0.0885. The molecule has 14 nitrogen and oxygen atoms in total. The lowest BCUT2D eigenvalue weighted by Crippen LogP contribution is -2.67. The first kappa shape index (κ1) is 41.9. The van der Waals surface area contributed by atoms with Crippen LogP contribution in [-0.4, -0.2) is 96.1 Å². The third-order valence-electron chi connectivity index (χ3n) is 15.0. The van der Waals surface area contributed by atoms with Gasteiger partial charge in [0.1, 0.15) is 23.2 Å². The van der Waals surface area contributed by atoms with Crippen molar-refractivity contribution in [1.29, 1.82) is 0 Å². The van der Waals surface area contributed by atoms with Crippen molar-refractivity contribution in [2.24, 2.45) is 11.3 Å². The number of aromatic nitrogens is 2. The molecule has 3 aliphatic heterocycles. The minimum atomic E-state index is -4.59. The Hall–Kier alpha value is -5.09. The summed E-state index contributed by atoms with van der Waals surface area (Å²) in [7, 11) is -4.59. The third-order valence-corrected chi connectivity index (χ3v) is 16.3. The average molecular weight is 876 g/mol. The van der Waals surface area contributed by atoms with Gasteiger partial charge in [0.25, 0.3) is 21.6 Å². The van der Waals surface area contributed by atoms with Gasteiger partial charge in [0, 0.05) is 62.6 Å². The molecule has 332 valence electrons. The lowest BCUT2D eigenvalue weighted by Gasteiger charge is -2.50. The van der Waals surface area contributed by atoms with Crippen molar-refractivity contribution in [2.75, 3.05) is 44.7 Å².